The summed E-state index contributed by atoms with van der Waals surface area (Å²) >= 11 is 0. The SMILES string of the molecule is CC(C)OCCCCNC(=NCc1cccc(C(F)(F)F)c1)NCC(=O)N(C)C. The van der Waals surface area contributed by atoms with Gasteiger partial charge in [0.1, 0.15) is 0 Å². The van der Waals surface area contributed by atoms with Crippen molar-refractivity contribution in [1.29, 1.82) is 0 Å². The summed E-state index contributed by atoms with van der Waals surface area (Å²) in [5.41, 5.74) is -0.272. The van der Waals surface area contributed by atoms with Gasteiger partial charge in [-0.15, -0.1) is 0 Å². The molecule has 0 bridgehead atoms. The van der Waals surface area contributed by atoms with Gasteiger partial charge in [-0.3, -0.25) is 4.79 Å². The number of rotatable bonds is 10. The predicted molar refractivity (Wildman–Crippen MR) is 108 cm³/mol. The van der Waals surface area contributed by atoms with Crippen LogP contribution in [0.15, 0.2) is 29.3 Å². The summed E-state index contributed by atoms with van der Waals surface area (Å²) in [6.45, 7) is 5.31. The highest BCUT2D eigenvalue weighted by atomic mass is 19.4. The predicted octanol–water partition coefficient (Wildman–Crippen LogP) is 3.03. The summed E-state index contributed by atoms with van der Waals surface area (Å²) in [6, 6.07) is 5.05. The Morgan fingerprint density at radius 3 is 2.55 bits per heavy atom. The number of hydrogen-bond acceptors (Lipinski definition) is 3. The van der Waals surface area contributed by atoms with Crippen LogP contribution in [0.5, 0.6) is 0 Å². The van der Waals surface area contributed by atoms with Crippen LogP contribution in [-0.4, -0.2) is 56.7 Å². The molecule has 0 radical (unpaired) electrons. The van der Waals surface area contributed by atoms with Gasteiger partial charge in [-0.05, 0) is 44.4 Å². The van der Waals surface area contributed by atoms with Crippen LogP contribution >= 0.6 is 0 Å². The number of benzene rings is 1. The maximum Gasteiger partial charge on any atom is 0.416 e. The largest absolute Gasteiger partial charge is 0.416 e. The molecular weight excluding hydrogens is 385 g/mol. The Morgan fingerprint density at radius 1 is 1.21 bits per heavy atom. The molecule has 0 saturated heterocycles. The van der Waals surface area contributed by atoms with Crippen molar-refractivity contribution in [2.45, 2.75) is 45.5 Å². The lowest BCUT2D eigenvalue weighted by Crippen LogP contribution is -2.43. The number of carbonyl (C=O) groups excluding carboxylic acids is 1. The van der Waals surface area contributed by atoms with E-state index in [0.29, 0.717) is 24.7 Å². The summed E-state index contributed by atoms with van der Waals surface area (Å²) < 4.78 is 44.1. The van der Waals surface area contributed by atoms with Crippen LogP contribution in [0.4, 0.5) is 13.2 Å². The van der Waals surface area contributed by atoms with Crippen molar-refractivity contribution in [1.82, 2.24) is 15.5 Å². The first-order valence-corrected chi connectivity index (χ1v) is 9.59. The maximum atomic E-state index is 12.9. The first-order valence-electron chi connectivity index (χ1n) is 9.59. The smallest absolute Gasteiger partial charge is 0.379 e. The number of nitrogens with zero attached hydrogens (tertiary/aromatic N) is 2. The van der Waals surface area contributed by atoms with Crippen LogP contribution in [0, 0.1) is 0 Å². The van der Waals surface area contributed by atoms with Crippen molar-refractivity contribution in [3.8, 4) is 0 Å². The number of likely N-dealkylation sites (N-methyl/N-ethyl adjacent to an activating group) is 1. The summed E-state index contributed by atoms with van der Waals surface area (Å²) in [5, 5.41) is 6.03. The van der Waals surface area contributed by atoms with Gasteiger partial charge in [-0.1, -0.05) is 12.1 Å². The molecule has 1 rings (SSSR count). The topological polar surface area (TPSA) is 66.0 Å². The zero-order valence-electron chi connectivity index (χ0n) is 17.5. The van der Waals surface area contributed by atoms with Crippen molar-refractivity contribution < 1.29 is 22.7 Å². The normalized spacial score (nSPS) is 12.2. The average Bonchev–Trinajstić information content (AvgIpc) is 2.64. The van der Waals surface area contributed by atoms with E-state index in [1.54, 1.807) is 20.2 Å². The third-order valence-electron chi connectivity index (χ3n) is 3.89. The Bertz CT molecular complexity index is 661. The molecule has 6 nitrogen and oxygen atoms in total. The van der Waals surface area contributed by atoms with Gasteiger partial charge in [0.05, 0.1) is 24.8 Å². The first kappa shape index (κ1) is 24.7. The molecule has 29 heavy (non-hydrogen) atoms. The van der Waals surface area contributed by atoms with E-state index < -0.39 is 11.7 Å². The molecule has 0 saturated carbocycles. The average molecular weight is 416 g/mol. The molecule has 1 amide bonds. The fourth-order valence-corrected chi connectivity index (χ4v) is 2.26. The van der Waals surface area contributed by atoms with Crippen molar-refractivity contribution in [2.24, 2.45) is 4.99 Å². The van der Waals surface area contributed by atoms with E-state index in [0.717, 1.165) is 25.0 Å². The quantitative estimate of drug-likeness (QED) is 0.350. The number of nitrogens with one attached hydrogen (secondary N) is 2. The summed E-state index contributed by atoms with van der Waals surface area (Å²) in [4.78, 5) is 17.6. The monoisotopic (exact) mass is 416 g/mol. The summed E-state index contributed by atoms with van der Waals surface area (Å²) in [7, 11) is 3.29. The molecule has 9 heteroatoms. The minimum absolute atomic E-state index is 0.0396. The minimum atomic E-state index is -4.39. The van der Waals surface area contributed by atoms with Crippen LogP contribution in [0.2, 0.25) is 0 Å². The van der Waals surface area contributed by atoms with Gasteiger partial charge in [0.15, 0.2) is 5.96 Å². The molecule has 164 valence electrons. The molecule has 0 aliphatic carbocycles. The van der Waals surface area contributed by atoms with Crippen molar-refractivity contribution >= 4 is 11.9 Å². The van der Waals surface area contributed by atoms with E-state index in [1.807, 2.05) is 13.8 Å². The first-order chi connectivity index (χ1) is 13.6. The van der Waals surface area contributed by atoms with Crippen LogP contribution < -0.4 is 10.6 Å². The zero-order valence-corrected chi connectivity index (χ0v) is 17.5. The number of hydrogen-bond donors (Lipinski definition) is 2. The summed E-state index contributed by atoms with van der Waals surface area (Å²) in [6.07, 6.45) is -2.51. The molecule has 0 aromatic heterocycles. The molecule has 1 aromatic carbocycles. The molecule has 0 aliphatic rings. The highest BCUT2D eigenvalue weighted by Crippen LogP contribution is 2.29. The molecule has 2 N–H and O–H groups in total. The van der Waals surface area contributed by atoms with Crippen LogP contribution in [0.3, 0.4) is 0 Å². The number of alkyl halides is 3. The van der Waals surface area contributed by atoms with Gasteiger partial charge in [0.2, 0.25) is 5.91 Å². The second-order valence-electron chi connectivity index (χ2n) is 7.06. The van der Waals surface area contributed by atoms with Crippen LogP contribution in [0.1, 0.15) is 37.8 Å². The number of ether oxygens (including phenoxy) is 1. The molecular formula is C20H31F3N4O2. The number of carbonyl (C=O) groups is 1. The number of amides is 1. The maximum absolute atomic E-state index is 12.9. The lowest BCUT2D eigenvalue weighted by atomic mass is 10.1. The van der Waals surface area contributed by atoms with Crippen LogP contribution in [-0.2, 0) is 22.3 Å². The van der Waals surface area contributed by atoms with Gasteiger partial charge in [-0.2, -0.15) is 13.2 Å². The third kappa shape index (κ3) is 10.7. The van der Waals surface area contributed by atoms with E-state index >= 15 is 0 Å². The molecule has 1 aromatic rings. The van der Waals surface area contributed by atoms with Gasteiger partial charge in [0, 0.05) is 27.2 Å². The third-order valence-corrected chi connectivity index (χ3v) is 3.89. The number of halogens is 3. The van der Waals surface area contributed by atoms with Crippen molar-refractivity contribution in [3.63, 3.8) is 0 Å². The Kier molecular flexibility index (Phi) is 10.5. The highest BCUT2D eigenvalue weighted by molar-refractivity contribution is 5.86. The van der Waals surface area contributed by atoms with Crippen LogP contribution in [0.25, 0.3) is 0 Å². The van der Waals surface area contributed by atoms with Gasteiger partial charge in [0.25, 0.3) is 0 Å². The van der Waals surface area contributed by atoms with E-state index in [2.05, 4.69) is 15.6 Å². The van der Waals surface area contributed by atoms with E-state index in [1.165, 1.54) is 11.0 Å². The molecule has 0 heterocycles. The minimum Gasteiger partial charge on any atom is -0.379 e. The molecule has 0 aliphatic heterocycles. The number of unbranched alkanes of at least 4 members (excludes halogenated alkanes) is 1. The van der Waals surface area contributed by atoms with E-state index in [9.17, 15) is 18.0 Å². The van der Waals surface area contributed by atoms with Gasteiger partial charge < -0.3 is 20.3 Å². The standard InChI is InChI=1S/C20H31F3N4O2/c1-15(2)29-11-6-5-10-24-19(26-14-18(28)27(3)4)25-13-16-8-7-9-17(12-16)20(21,22)23/h7-9,12,15H,5-6,10-11,13-14H2,1-4H3,(H2,24,25,26). The lowest BCUT2D eigenvalue weighted by molar-refractivity contribution is -0.137. The molecule has 0 fully saturated rings. The Morgan fingerprint density at radius 2 is 1.93 bits per heavy atom. The number of guanidine groups is 1. The fraction of sp³-hybridized carbons (Fsp3) is 0.600. The summed E-state index contributed by atoms with van der Waals surface area (Å²) in [5.74, 6) is 0.242. The molecule has 0 atom stereocenters. The molecule has 0 spiro atoms. The Labute approximate surface area is 170 Å². The zero-order chi connectivity index (χ0) is 21.9. The Balaban J connectivity index is 2.67. The van der Waals surface area contributed by atoms with E-state index in [4.69, 9.17) is 4.74 Å². The lowest BCUT2D eigenvalue weighted by Gasteiger charge is -2.15. The van der Waals surface area contributed by atoms with Gasteiger partial charge >= 0.3 is 6.18 Å². The second kappa shape index (κ2) is 12.3. The second-order valence-corrected chi connectivity index (χ2v) is 7.06. The van der Waals surface area contributed by atoms with Gasteiger partial charge in [-0.25, -0.2) is 4.99 Å². The van der Waals surface area contributed by atoms with Crippen molar-refractivity contribution in [3.05, 3.63) is 35.4 Å². The molecule has 0 unspecified atom stereocenters. The van der Waals surface area contributed by atoms with E-state index in [-0.39, 0.29) is 25.1 Å². The highest BCUT2D eigenvalue weighted by Gasteiger charge is 2.30. The number of aliphatic imine (C=N–C) groups is 1. The Hall–Kier alpha value is -2.29. The van der Waals surface area contributed by atoms with Crippen molar-refractivity contribution in [2.75, 3.05) is 33.8 Å². The fourth-order valence-electron chi connectivity index (χ4n) is 2.26.